The molecule has 0 N–H and O–H groups in total. The van der Waals surface area contributed by atoms with Crippen molar-refractivity contribution < 1.29 is 0 Å². The molecule has 15 heavy (non-hydrogen) atoms. The monoisotopic (exact) mass is 211 g/mol. The van der Waals surface area contributed by atoms with E-state index < -0.39 is 0 Å². The molecule has 1 saturated carbocycles. The van der Waals surface area contributed by atoms with Crippen molar-refractivity contribution in [3.05, 3.63) is 0 Å². The molecule has 0 radical (unpaired) electrons. The first-order valence-corrected chi connectivity index (χ1v) is 6.87. The lowest BCUT2D eigenvalue weighted by Gasteiger charge is -2.28. The van der Waals surface area contributed by atoms with Crippen LogP contribution in [0.3, 0.4) is 0 Å². The molecule has 1 unspecified atom stereocenters. The second kappa shape index (κ2) is 7.27. The fourth-order valence-electron chi connectivity index (χ4n) is 3.10. The largest absolute Gasteiger partial charge is 0.309 e. The van der Waals surface area contributed by atoms with Crippen LogP contribution in [0.5, 0.6) is 0 Å². The van der Waals surface area contributed by atoms with E-state index in [0.29, 0.717) is 0 Å². The summed E-state index contributed by atoms with van der Waals surface area (Å²) in [6, 6.07) is 0. The fourth-order valence-corrected chi connectivity index (χ4v) is 3.10. The van der Waals surface area contributed by atoms with E-state index in [1.807, 2.05) is 0 Å². The first-order chi connectivity index (χ1) is 7.22. The van der Waals surface area contributed by atoms with Gasteiger partial charge in [-0.2, -0.15) is 0 Å². The Morgan fingerprint density at radius 2 is 1.80 bits per heavy atom. The van der Waals surface area contributed by atoms with Gasteiger partial charge in [-0.25, -0.2) is 0 Å². The highest BCUT2D eigenvalue weighted by molar-refractivity contribution is 4.71. The van der Waals surface area contributed by atoms with Crippen LogP contribution < -0.4 is 0 Å². The van der Waals surface area contributed by atoms with Gasteiger partial charge in [-0.05, 0) is 38.8 Å². The number of rotatable bonds is 6. The van der Waals surface area contributed by atoms with Crippen LogP contribution in [-0.2, 0) is 0 Å². The van der Waals surface area contributed by atoms with Gasteiger partial charge >= 0.3 is 0 Å². The van der Waals surface area contributed by atoms with Gasteiger partial charge in [0, 0.05) is 6.54 Å². The molecule has 1 fully saturated rings. The zero-order valence-corrected chi connectivity index (χ0v) is 11.0. The zero-order chi connectivity index (χ0) is 11.1. The fraction of sp³-hybridized carbons (Fsp3) is 1.00. The molecule has 1 nitrogen and oxygen atoms in total. The van der Waals surface area contributed by atoms with Gasteiger partial charge in [0.2, 0.25) is 0 Å². The summed E-state index contributed by atoms with van der Waals surface area (Å²) in [7, 11) is 4.42. The Labute approximate surface area is 96.2 Å². The standard InChI is InChI=1S/C14H29N/c1-4-8-14(12-15(2)3)11-13-9-6-5-7-10-13/h13-14H,4-12H2,1-3H3. The predicted octanol–water partition coefficient (Wildman–Crippen LogP) is 3.93. The van der Waals surface area contributed by atoms with Crippen LogP contribution in [0.15, 0.2) is 0 Å². The Balaban J connectivity index is 2.28. The molecule has 1 aliphatic carbocycles. The van der Waals surface area contributed by atoms with Gasteiger partial charge < -0.3 is 4.90 Å². The van der Waals surface area contributed by atoms with Crippen LogP contribution in [0, 0.1) is 11.8 Å². The SMILES string of the molecule is CCCC(CC1CCCCC1)CN(C)C. The summed E-state index contributed by atoms with van der Waals surface area (Å²) in [6.07, 6.45) is 11.8. The molecule has 0 aromatic rings. The van der Waals surface area contributed by atoms with Crippen LogP contribution in [0.4, 0.5) is 0 Å². The second-order valence-corrected chi connectivity index (χ2v) is 5.66. The number of nitrogens with zero attached hydrogens (tertiary/aromatic N) is 1. The van der Waals surface area contributed by atoms with Crippen molar-refractivity contribution in [3.63, 3.8) is 0 Å². The molecular formula is C14H29N. The maximum absolute atomic E-state index is 2.36. The van der Waals surface area contributed by atoms with Crippen LogP contribution in [0.1, 0.15) is 58.3 Å². The Hall–Kier alpha value is -0.0400. The van der Waals surface area contributed by atoms with E-state index in [1.165, 1.54) is 57.9 Å². The first-order valence-electron chi connectivity index (χ1n) is 6.87. The van der Waals surface area contributed by atoms with Crippen molar-refractivity contribution in [2.75, 3.05) is 20.6 Å². The summed E-state index contributed by atoms with van der Waals surface area (Å²) >= 11 is 0. The van der Waals surface area contributed by atoms with Gasteiger partial charge in [-0.3, -0.25) is 0 Å². The van der Waals surface area contributed by atoms with Crippen LogP contribution in [-0.4, -0.2) is 25.5 Å². The van der Waals surface area contributed by atoms with E-state index in [4.69, 9.17) is 0 Å². The van der Waals surface area contributed by atoms with Gasteiger partial charge in [-0.1, -0.05) is 45.4 Å². The average Bonchev–Trinajstić information content (AvgIpc) is 2.18. The molecular weight excluding hydrogens is 182 g/mol. The Morgan fingerprint density at radius 3 is 2.33 bits per heavy atom. The normalized spacial score (nSPS) is 20.8. The third kappa shape index (κ3) is 5.55. The minimum absolute atomic E-state index is 0.952. The number of hydrogen-bond donors (Lipinski definition) is 0. The third-order valence-corrected chi connectivity index (χ3v) is 3.71. The molecule has 0 amide bonds. The molecule has 90 valence electrons. The van der Waals surface area contributed by atoms with Gasteiger partial charge in [0.1, 0.15) is 0 Å². The van der Waals surface area contributed by atoms with Crippen molar-refractivity contribution in [2.45, 2.75) is 58.3 Å². The predicted molar refractivity (Wildman–Crippen MR) is 68.1 cm³/mol. The second-order valence-electron chi connectivity index (χ2n) is 5.66. The molecule has 0 aromatic carbocycles. The summed E-state index contributed by atoms with van der Waals surface area (Å²) in [6.45, 7) is 3.62. The lowest BCUT2D eigenvalue weighted by Crippen LogP contribution is -2.24. The van der Waals surface area contributed by atoms with E-state index in [0.717, 1.165) is 11.8 Å². The van der Waals surface area contributed by atoms with Gasteiger partial charge in [0.05, 0.1) is 0 Å². The van der Waals surface area contributed by atoms with Gasteiger partial charge in [0.15, 0.2) is 0 Å². The highest BCUT2D eigenvalue weighted by Crippen LogP contribution is 2.30. The zero-order valence-electron chi connectivity index (χ0n) is 11.0. The van der Waals surface area contributed by atoms with Crippen LogP contribution >= 0.6 is 0 Å². The van der Waals surface area contributed by atoms with E-state index in [2.05, 4.69) is 25.9 Å². The van der Waals surface area contributed by atoms with Crippen molar-refractivity contribution in [1.82, 2.24) is 4.90 Å². The molecule has 1 heteroatoms. The van der Waals surface area contributed by atoms with Gasteiger partial charge in [-0.15, -0.1) is 0 Å². The summed E-state index contributed by atoms with van der Waals surface area (Å²) in [5, 5.41) is 0. The Bertz CT molecular complexity index is 147. The molecule has 0 spiro atoms. The lowest BCUT2D eigenvalue weighted by atomic mass is 9.81. The molecule has 0 aromatic heterocycles. The molecule has 0 saturated heterocycles. The van der Waals surface area contributed by atoms with Crippen molar-refractivity contribution in [1.29, 1.82) is 0 Å². The third-order valence-electron chi connectivity index (χ3n) is 3.71. The molecule has 0 bridgehead atoms. The average molecular weight is 211 g/mol. The smallest absolute Gasteiger partial charge is 0.000366 e. The van der Waals surface area contributed by atoms with Crippen molar-refractivity contribution in [2.24, 2.45) is 11.8 Å². The number of hydrogen-bond acceptors (Lipinski definition) is 1. The summed E-state index contributed by atoms with van der Waals surface area (Å²) in [5.41, 5.74) is 0. The Kier molecular flexibility index (Phi) is 6.31. The van der Waals surface area contributed by atoms with E-state index >= 15 is 0 Å². The lowest BCUT2D eigenvalue weighted by molar-refractivity contribution is 0.233. The maximum atomic E-state index is 2.36. The van der Waals surface area contributed by atoms with Crippen LogP contribution in [0.2, 0.25) is 0 Å². The highest BCUT2D eigenvalue weighted by atomic mass is 15.1. The summed E-state index contributed by atoms with van der Waals surface area (Å²) in [4.78, 5) is 2.36. The molecule has 1 rings (SSSR count). The quantitative estimate of drug-likeness (QED) is 0.643. The van der Waals surface area contributed by atoms with Gasteiger partial charge in [0.25, 0.3) is 0 Å². The first kappa shape index (κ1) is 13.0. The summed E-state index contributed by atoms with van der Waals surface area (Å²) < 4.78 is 0. The maximum Gasteiger partial charge on any atom is 0.000366 e. The highest BCUT2D eigenvalue weighted by Gasteiger charge is 2.18. The van der Waals surface area contributed by atoms with Crippen molar-refractivity contribution >= 4 is 0 Å². The van der Waals surface area contributed by atoms with E-state index in [1.54, 1.807) is 0 Å². The molecule has 0 aliphatic heterocycles. The molecule has 1 aliphatic rings. The summed E-state index contributed by atoms with van der Waals surface area (Å²) in [5.74, 6) is 2.00. The minimum Gasteiger partial charge on any atom is -0.309 e. The minimum atomic E-state index is 0.952. The van der Waals surface area contributed by atoms with Crippen LogP contribution in [0.25, 0.3) is 0 Å². The molecule has 0 heterocycles. The van der Waals surface area contributed by atoms with E-state index in [9.17, 15) is 0 Å². The van der Waals surface area contributed by atoms with E-state index in [-0.39, 0.29) is 0 Å². The Morgan fingerprint density at radius 1 is 1.13 bits per heavy atom. The van der Waals surface area contributed by atoms with Crippen molar-refractivity contribution in [3.8, 4) is 0 Å². The molecule has 1 atom stereocenters. The topological polar surface area (TPSA) is 3.24 Å².